The quantitative estimate of drug-likeness (QED) is 0.257. The highest BCUT2D eigenvalue weighted by atomic mass is 32.2. The molecule has 0 aromatic carbocycles. The number of rotatable bonds is 11. The normalized spacial score (nSPS) is 24.7. The third kappa shape index (κ3) is 8.01. The van der Waals surface area contributed by atoms with E-state index in [0.717, 1.165) is 56.7 Å². The Morgan fingerprint density at radius 2 is 1.83 bits per heavy atom. The summed E-state index contributed by atoms with van der Waals surface area (Å²) in [6.07, 6.45) is 15.3. The van der Waals surface area contributed by atoms with Crippen molar-refractivity contribution >= 4 is 35.1 Å². The lowest BCUT2D eigenvalue weighted by molar-refractivity contribution is -0.125. The summed E-state index contributed by atoms with van der Waals surface area (Å²) >= 11 is 1.65. The van der Waals surface area contributed by atoms with Crippen molar-refractivity contribution in [3.8, 4) is 5.88 Å². The number of nitrogens with zero attached hydrogens (tertiary/aromatic N) is 3. The van der Waals surface area contributed by atoms with Crippen molar-refractivity contribution < 1.29 is 18.8 Å². The van der Waals surface area contributed by atoms with E-state index in [1.165, 1.54) is 57.8 Å². The fourth-order valence-corrected chi connectivity index (χ4v) is 9.10. The largest absolute Gasteiger partial charge is 0.474 e. The molecule has 1 saturated heterocycles. The molecule has 2 aromatic rings. The second kappa shape index (κ2) is 15.0. The van der Waals surface area contributed by atoms with Crippen LogP contribution in [-0.2, 0) is 4.79 Å². The van der Waals surface area contributed by atoms with Crippen molar-refractivity contribution in [1.29, 1.82) is 0 Å². The lowest BCUT2D eigenvalue weighted by Gasteiger charge is -2.41. The van der Waals surface area contributed by atoms with Crippen LogP contribution in [0.5, 0.6) is 5.88 Å². The summed E-state index contributed by atoms with van der Waals surface area (Å²) in [5.74, 6) is 2.99. The highest BCUT2D eigenvalue weighted by Crippen LogP contribution is 2.44. The van der Waals surface area contributed by atoms with Crippen molar-refractivity contribution in [3.63, 3.8) is 0 Å². The Morgan fingerprint density at radius 1 is 1.09 bits per heavy atom. The molecular weight excluding hydrogens is 600 g/mol. The van der Waals surface area contributed by atoms with Gasteiger partial charge in [0.25, 0.3) is 11.8 Å². The number of thioether (sulfide) groups is 1. The third-order valence-electron chi connectivity index (χ3n) is 10.5. The van der Waals surface area contributed by atoms with Gasteiger partial charge in [-0.15, -0.1) is 11.8 Å². The fourth-order valence-electron chi connectivity index (χ4n) is 7.77. The van der Waals surface area contributed by atoms with Crippen molar-refractivity contribution in [1.82, 2.24) is 20.8 Å². The minimum Gasteiger partial charge on any atom is -0.474 e. The number of amides is 2. The summed E-state index contributed by atoms with van der Waals surface area (Å²) in [5, 5.41) is 14.4. The number of hydrogen-bond donors (Lipinski definition) is 3. The molecule has 2 bridgehead atoms. The van der Waals surface area contributed by atoms with Crippen LogP contribution in [0.3, 0.4) is 0 Å². The molecule has 3 unspecified atom stereocenters. The molecule has 4 fully saturated rings. The van der Waals surface area contributed by atoms with Gasteiger partial charge in [-0.3, -0.25) is 9.59 Å². The number of nitrogens with one attached hydrogen (secondary N) is 3. The molecule has 0 radical (unpaired) electrons. The highest BCUT2D eigenvalue weighted by molar-refractivity contribution is 8.00. The molecule has 252 valence electrons. The van der Waals surface area contributed by atoms with Crippen LogP contribution in [0.15, 0.2) is 27.7 Å². The van der Waals surface area contributed by atoms with Gasteiger partial charge in [-0.25, -0.2) is 4.98 Å². The lowest BCUT2D eigenvalue weighted by atomic mass is 9.66. The maximum absolute atomic E-state index is 13.7. The second-order valence-electron chi connectivity index (χ2n) is 14.7. The van der Waals surface area contributed by atoms with Crippen LogP contribution in [0.2, 0.25) is 0 Å². The summed E-state index contributed by atoms with van der Waals surface area (Å²) in [6.45, 7) is 9.34. The van der Waals surface area contributed by atoms with Gasteiger partial charge in [0.1, 0.15) is 11.5 Å². The molecule has 11 heteroatoms. The zero-order chi connectivity index (χ0) is 32.1. The standard InChI is InChI=1S/C35H52N6O4S/c1-23(26-20-24-9-7-10-25(19-24)21-26)38-32(42)29-30(46-27-11-5-4-6-12-27)33(40-45-29)44-22-35(2,3)34(43)39-28-13-8-14-37-31(28)41-17-15-36-16-18-41/h8,13-14,23-27,36H,4-7,9-12,15-22H2,1-3H3,(H,38,42)(H,39,43). The van der Waals surface area contributed by atoms with Crippen molar-refractivity contribution in [3.05, 3.63) is 24.1 Å². The molecule has 2 amide bonds. The molecule has 3 aliphatic carbocycles. The Kier molecular flexibility index (Phi) is 10.8. The molecule has 6 rings (SSSR count). The molecule has 46 heavy (non-hydrogen) atoms. The molecule has 0 spiro atoms. The number of anilines is 2. The first-order valence-electron chi connectivity index (χ1n) is 17.6. The minimum absolute atomic E-state index is 0.0686. The predicted octanol–water partition coefficient (Wildman–Crippen LogP) is 6.28. The summed E-state index contributed by atoms with van der Waals surface area (Å²) in [6, 6.07) is 3.79. The van der Waals surface area contributed by atoms with Crippen LogP contribution in [0.4, 0.5) is 11.5 Å². The van der Waals surface area contributed by atoms with Gasteiger partial charge in [0.2, 0.25) is 11.7 Å². The van der Waals surface area contributed by atoms with E-state index in [-0.39, 0.29) is 30.2 Å². The number of hydrogen-bond acceptors (Lipinski definition) is 9. The molecule has 3 heterocycles. The summed E-state index contributed by atoms with van der Waals surface area (Å²) in [7, 11) is 0. The second-order valence-corrected chi connectivity index (χ2v) is 16.0. The first kappa shape index (κ1) is 33.1. The van der Waals surface area contributed by atoms with E-state index in [2.05, 4.69) is 37.9 Å². The van der Waals surface area contributed by atoms with E-state index in [4.69, 9.17) is 9.26 Å². The maximum atomic E-state index is 13.7. The molecule has 3 atom stereocenters. The lowest BCUT2D eigenvalue weighted by Crippen LogP contribution is -2.44. The van der Waals surface area contributed by atoms with Crippen molar-refractivity contribution in [2.45, 2.75) is 108 Å². The molecule has 3 saturated carbocycles. The highest BCUT2D eigenvalue weighted by Gasteiger charge is 2.37. The van der Waals surface area contributed by atoms with E-state index in [1.54, 1.807) is 18.0 Å². The van der Waals surface area contributed by atoms with Crippen LogP contribution in [0, 0.1) is 23.2 Å². The molecule has 2 aromatic heterocycles. The van der Waals surface area contributed by atoms with Gasteiger partial charge in [-0.05, 0) is 87.9 Å². The van der Waals surface area contributed by atoms with Gasteiger partial charge in [0.15, 0.2) is 5.82 Å². The average Bonchev–Trinajstić information content (AvgIpc) is 3.47. The Balaban J connectivity index is 1.13. The number of pyridine rings is 1. The molecule has 10 nitrogen and oxygen atoms in total. The van der Waals surface area contributed by atoms with Crippen LogP contribution in [-0.4, -0.2) is 66.0 Å². The van der Waals surface area contributed by atoms with Crippen LogP contribution >= 0.6 is 11.8 Å². The SMILES string of the molecule is CC(NC(=O)c1onc(OCC(C)(C)C(=O)Nc2cccnc2N2CCNCC2)c1SC1CCCCC1)C1CC2CCCC(C2)C1. The topological polar surface area (TPSA) is 122 Å². The Bertz CT molecular complexity index is 1330. The van der Waals surface area contributed by atoms with E-state index >= 15 is 0 Å². The summed E-state index contributed by atoms with van der Waals surface area (Å²) in [4.78, 5) is 34.7. The Labute approximate surface area is 277 Å². The van der Waals surface area contributed by atoms with Gasteiger partial charge < -0.3 is 30.1 Å². The zero-order valence-electron chi connectivity index (χ0n) is 27.8. The van der Waals surface area contributed by atoms with Gasteiger partial charge in [-0.2, -0.15) is 0 Å². The molecular formula is C35H52N6O4S. The third-order valence-corrected chi connectivity index (χ3v) is 11.9. The average molecular weight is 653 g/mol. The van der Waals surface area contributed by atoms with Gasteiger partial charge in [0, 0.05) is 43.7 Å². The minimum atomic E-state index is -0.891. The van der Waals surface area contributed by atoms with Crippen LogP contribution < -0.4 is 25.6 Å². The number of fused-ring (bicyclic) bond motifs is 2. The monoisotopic (exact) mass is 652 g/mol. The fraction of sp³-hybridized carbons (Fsp3) is 0.714. The smallest absolute Gasteiger partial charge is 0.291 e. The summed E-state index contributed by atoms with van der Waals surface area (Å²) in [5.41, 5.74) is -0.203. The Hall–Kier alpha value is -2.79. The number of carbonyl (C=O) groups is 2. The Morgan fingerprint density at radius 3 is 2.57 bits per heavy atom. The maximum Gasteiger partial charge on any atom is 0.291 e. The van der Waals surface area contributed by atoms with Gasteiger partial charge >= 0.3 is 0 Å². The number of piperazine rings is 1. The number of ether oxygens (including phenoxy) is 1. The first-order chi connectivity index (χ1) is 22.3. The van der Waals surface area contributed by atoms with Crippen molar-refractivity contribution in [2.24, 2.45) is 23.2 Å². The number of carbonyl (C=O) groups excluding carboxylic acids is 2. The first-order valence-corrected chi connectivity index (χ1v) is 18.5. The van der Waals surface area contributed by atoms with Crippen LogP contribution in [0.25, 0.3) is 0 Å². The van der Waals surface area contributed by atoms with E-state index in [9.17, 15) is 9.59 Å². The van der Waals surface area contributed by atoms with E-state index in [1.807, 2.05) is 26.0 Å². The van der Waals surface area contributed by atoms with Crippen molar-refractivity contribution in [2.75, 3.05) is 43.0 Å². The zero-order valence-corrected chi connectivity index (χ0v) is 28.6. The van der Waals surface area contributed by atoms with Crippen LogP contribution in [0.1, 0.15) is 102 Å². The molecule has 3 N–H and O–H groups in total. The van der Waals surface area contributed by atoms with E-state index in [0.29, 0.717) is 27.6 Å². The predicted molar refractivity (Wildman–Crippen MR) is 182 cm³/mol. The van der Waals surface area contributed by atoms with E-state index < -0.39 is 5.41 Å². The number of aromatic nitrogens is 2. The van der Waals surface area contributed by atoms with Gasteiger partial charge in [0.05, 0.1) is 11.1 Å². The van der Waals surface area contributed by atoms with Gasteiger partial charge in [-0.1, -0.05) is 38.5 Å². The summed E-state index contributed by atoms with van der Waals surface area (Å²) < 4.78 is 12.0. The molecule has 1 aliphatic heterocycles. The molecule has 4 aliphatic rings.